The summed E-state index contributed by atoms with van der Waals surface area (Å²) in [6.45, 7) is 4.60. The normalized spacial score (nSPS) is 14.3. The van der Waals surface area contributed by atoms with Crippen LogP contribution in [0.15, 0.2) is 91.3 Å². The predicted molar refractivity (Wildman–Crippen MR) is 434 cm³/mol. The number of para-hydroxylation sites is 2. The van der Waals surface area contributed by atoms with Crippen molar-refractivity contribution < 1.29 is 72.5 Å². The van der Waals surface area contributed by atoms with Gasteiger partial charge in [-0.3, -0.25) is 68.4 Å². The molecule has 0 bridgehead atoms. The zero-order chi connectivity index (χ0) is 85.4. The standard InChI is InChI=1S/C77H118N24O15/c1-43(2)35-58(71(111)101-62(42-102)74(114)96-57(75(115)116)29-18-34-88-77(85)86)97-64(104)44(3)91-70(110)59(37-46-40-89-51-23-9-7-21-48(46)51)98-69(109)55(27-13-16-32-80)95-73(113)61(39-63(82)103)100-72(112)60(38-47-41-90-52-24-10-8-22-49(47)52)99-68(108)54(26-12-15-31-79)94-66(106)53(25-11-14-30-78)93-67(107)56(28-17-33-87-76(83)84)92-65(105)50(81)36-45-19-5-4-6-20-45/h4-10,19-24,40-41,43-44,50,53-62,89-90,102H,11-18,25-39,42,78-81H2,1-3H3,(H2,82,103)(H,91,110)(H,92,105)(H,93,107)(H,94,106)(H,95,113)(H,96,114)(H,97,104)(H,98,109)(H,99,108)(H,100,112)(H,101,111)(H,115,116)(H4,83,84,87)(H4,85,86,88). The average molecular weight is 1620 g/mol. The van der Waals surface area contributed by atoms with E-state index in [1.807, 2.05) is 6.07 Å². The molecule has 33 N–H and O–H groups in total. The van der Waals surface area contributed by atoms with Crippen LogP contribution >= 0.6 is 0 Å². The summed E-state index contributed by atoms with van der Waals surface area (Å²) in [4.78, 5) is 190. The number of carbonyl (C=O) groups is 13. The lowest BCUT2D eigenvalue weighted by atomic mass is 10.0. The van der Waals surface area contributed by atoms with Crippen molar-refractivity contribution in [3.05, 3.63) is 108 Å². The number of aliphatic carboxylic acids is 1. The summed E-state index contributed by atoms with van der Waals surface area (Å²) in [7, 11) is 0. The van der Waals surface area contributed by atoms with Crippen LogP contribution in [0.3, 0.4) is 0 Å². The Morgan fingerprint density at radius 2 is 0.741 bits per heavy atom. The van der Waals surface area contributed by atoms with Gasteiger partial charge in [0.15, 0.2) is 11.9 Å². The minimum atomic E-state index is -1.86. The molecule has 636 valence electrons. The van der Waals surface area contributed by atoms with Crippen molar-refractivity contribution in [2.24, 2.45) is 46.1 Å². The number of carboxylic acid groups (broad SMARTS) is 1. The number of aromatic nitrogens is 2. The number of nitrogens with one attached hydrogen (secondary N) is 17. The van der Waals surface area contributed by atoms with E-state index in [1.165, 1.54) is 6.92 Å². The summed E-state index contributed by atoms with van der Waals surface area (Å²) in [6.07, 6.45) is 3.95. The molecule has 0 fully saturated rings. The van der Waals surface area contributed by atoms with Gasteiger partial charge < -0.3 is 129 Å². The molecule has 12 unspecified atom stereocenters. The van der Waals surface area contributed by atoms with Crippen LogP contribution in [-0.4, -0.2) is 221 Å². The van der Waals surface area contributed by atoms with Crippen molar-refractivity contribution in [3.63, 3.8) is 0 Å². The Bertz CT molecular complexity index is 4100. The summed E-state index contributed by atoms with van der Waals surface area (Å²) < 4.78 is 0. The van der Waals surface area contributed by atoms with Crippen molar-refractivity contribution in [2.75, 3.05) is 39.3 Å². The van der Waals surface area contributed by atoms with Gasteiger partial charge in [0.1, 0.15) is 66.5 Å². The molecule has 116 heavy (non-hydrogen) atoms. The van der Waals surface area contributed by atoms with E-state index in [-0.39, 0.29) is 134 Å². The Labute approximate surface area is 672 Å². The zero-order valence-corrected chi connectivity index (χ0v) is 65.9. The Hall–Kier alpha value is -11.8. The van der Waals surface area contributed by atoms with Gasteiger partial charge in [0.25, 0.3) is 0 Å². The number of aliphatic hydroxyl groups excluding tert-OH is 1. The fourth-order valence-corrected chi connectivity index (χ4v) is 12.7. The molecule has 3 aromatic carbocycles. The van der Waals surface area contributed by atoms with Gasteiger partial charge in [-0.05, 0) is 158 Å². The lowest BCUT2D eigenvalue weighted by Gasteiger charge is -2.28. The Kier molecular flexibility index (Phi) is 40.6. The topological polar surface area (TPSA) is 680 Å². The lowest BCUT2D eigenvalue weighted by molar-refractivity contribution is -0.143. The maximum atomic E-state index is 15.1. The maximum Gasteiger partial charge on any atom is 0.326 e. The molecule has 0 spiro atoms. The number of aliphatic hydroxyl groups is 1. The highest BCUT2D eigenvalue weighted by molar-refractivity contribution is 6.01. The molecule has 0 aliphatic carbocycles. The molecule has 0 saturated carbocycles. The van der Waals surface area contributed by atoms with Crippen molar-refractivity contribution in [2.45, 2.75) is 209 Å². The number of H-pyrrole nitrogens is 2. The van der Waals surface area contributed by atoms with Crippen molar-refractivity contribution in [3.8, 4) is 0 Å². The number of fused-ring (bicyclic) bond motifs is 2. The molecule has 2 aromatic heterocycles. The first-order chi connectivity index (χ1) is 55.4. The van der Waals surface area contributed by atoms with Crippen LogP contribution in [0.25, 0.3) is 21.8 Å². The SMILES string of the molecule is CC(C)CC(NC(=O)C(C)NC(=O)C(Cc1c[nH]c2ccccc12)NC(=O)C(CCCCN)NC(=O)C(CC(N)=O)NC(=O)C(Cc1c[nH]c2ccccc12)NC(=O)C(CCCCN)NC(=O)C(CCCCN)NC(=O)C(CCCNC(=N)N)NC(=O)C(N)Cc1ccccc1)C(=O)NC(CO)C(=O)NC(CCCNC(=N)N)C(=O)O. The summed E-state index contributed by atoms with van der Waals surface area (Å²) in [5.74, 6) is -13.6. The number of unbranched alkanes of at least 4 members (excludes halogenated alkanes) is 3. The van der Waals surface area contributed by atoms with Crippen LogP contribution in [0.2, 0.25) is 0 Å². The molecular weight excluding hydrogens is 1500 g/mol. The highest BCUT2D eigenvalue weighted by Crippen LogP contribution is 2.22. The fourth-order valence-electron chi connectivity index (χ4n) is 12.7. The largest absolute Gasteiger partial charge is 0.480 e. The number of primary amides is 1. The molecule has 0 saturated heterocycles. The molecule has 39 heteroatoms. The fraction of sp³-hybridized carbons (Fsp3) is 0.519. The molecule has 5 rings (SSSR count). The lowest BCUT2D eigenvalue weighted by Crippen LogP contribution is -2.61. The zero-order valence-electron chi connectivity index (χ0n) is 65.9. The number of guanidine groups is 2. The first-order valence-electron chi connectivity index (χ1n) is 39.0. The van der Waals surface area contributed by atoms with Crippen LogP contribution in [0.4, 0.5) is 0 Å². The minimum Gasteiger partial charge on any atom is -0.480 e. The van der Waals surface area contributed by atoms with Gasteiger partial charge in [-0.2, -0.15) is 0 Å². The van der Waals surface area contributed by atoms with Gasteiger partial charge in [-0.15, -0.1) is 0 Å². The second-order valence-corrected chi connectivity index (χ2v) is 28.9. The summed E-state index contributed by atoms with van der Waals surface area (Å²) in [6, 6.07) is 5.42. The number of hydrogen-bond acceptors (Lipinski definition) is 20. The maximum absolute atomic E-state index is 15.1. The molecule has 12 amide bonds. The molecule has 5 aromatic rings. The number of carboxylic acids is 1. The van der Waals surface area contributed by atoms with Gasteiger partial charge in [-0.25, -0.2) is 4.79 Å². The van der Waals surface area contributed by atoms with Crippen LogP contribution in [-0.2, 0) is 81.6 Å². The third kappa shape index (κ3) is 32.6. The van der Waals surface area contributed by atoms with Gasteiger partial charge in [0.05, 0.1) is 19.1 Å². The number of aromatic amines is 2. The van der Waals surface area contributed by atoms with E-state index in [1.54, 1.807) is 99.0 Å². The highest BCUT2D eigenvalue weighted by Gasteiger charge is 2.38. The van der Waals surface area contributed by atoms with Crippen LogP contribution in [0.5, 0.6) is 0 Å². The quantitative estimate of drug-likeness (QED) is 0.0101. The van der Waals surface area contributed by atoms with Crippen LogP contribution < -0.4 is 109 Å². The van der Waals surface area contributed by atoms with E-state index >= 15 is 9.59 Å². The molecule has 2 heterocycles. The summed E-state index contributed by atoms with van der Waals surface area (Å²) >= 11 is 0. The number of carbonyl (C=O) groups excluding carboxylic acids is 12. The number of benzene rings is 3. The van der Waals surface area contributed by atoms with Crippen LogP contribution in [0.1, 0.15) is 134 Å². The van der Waals surface area contributed by atoms with E-state index in [0.29, 0.717) is 58.6 Å². The third-order valence-corrected chi connectivity index (χ3v) is 19.0. The Morgan fingerprint density at radius 3 is 1.16 bits per heavy atom. The number of nitrogens with two attached hydrogens (primary N) is 7. The minimum absolute atomic E-state index is 0.00729. The van der Waals surface area contributed by atoms with E-state index in [2.05, 4.69) is 79.1 Å². The second kappa shape index (κ2) is 49.7. The number of rotatable bonds is 54. The van der Waals surface area contributed by atoms with E-state index in [4.69, 9.17) is 51.0 Å². The summed E-state index contributed by atoms with van der Waals surface area (Å²) in [5.41, 5.74) is 43.7. The van der Waals surface area contributed by atoms with Gasteiger partial charge >= 0.3 is 5.97 Å². The van der Waals surface area contributed by atoms with E-state index < -0.39 is 162 Å². The number of amides is 12. The summed E-state index contributed by atoms with van der Waals surface area (Å²) in [5, 5.41) is 70.1. The van der Waals surface area contributed by atoms with Crippen LogP contribution in [0, 0.1) is 16.7 Å². The van der Waals surface area contributed by atoms with E-state index in [9.17, 15) is 63.0 Å². The van der Waals surface area contributed by atoms with E-state index in [0.717, 1.165) is 5.56 Å². The Balaban J connectivity index is 1.42. The molecule has 39 nitrogen and oxygen atoms in total. The van der Waals surface area contributed by atoms with Crippen molar-refractivity contribution in [1.82, 2.24) is 79.1 Å². The average Bonchev–Trinajstić information content (AvgIpc) is 1.66. The monoisotopic (exact) mass is 1620 g/mol. The first kappa shape index (κ1) is 94.8. The highest BCUT2D eigenvalue weighted by atomic mass is 16.4. The van der Waals surface area contributed by atoms with Gasteiger partial charge in [0, 0.05) is 60.1 Å². The second-order valence-electron chi connectivity index (χ2n) is 28.9. The first-order valence-corrected chi connectivity index (χ1v) is 39.0. The van der Waals surface area contributed by atoms with Gasteiger partial charge in [0.2, 0.25) is 70.9 Å². The predicted octanol–water partition coefficient (Wildman–Crippen LogP) is -3.73. The number of hydrogen-bond donors (Lipinski definition) is 26. The molecule has 0 aliphatic rings. The van der Waals surface area contributed by atoms with Gasteiger partial charge in [-0.1, -0.05) is 80.6 Å². The van der Waals surface area contributed by atoms with Crippen molar-refractivity contribution in [1.29, 1.82) is 10.8 Å². The molecule has 0 radical (unpaired) electrons. The molecule has 0 aliphatic heterocycles. The third-order valence-electron chi connectivity index (χ3n) is 19.0. The smallest absolute Gasteiger partial charge is 0.326 e. The molecular formula is C77H118N24O15. The molecule has 12 atom stereocenters. The Morgan fingerprint density at radius 1 is 0.397 bits per heavy atom. The van der Waals surface area contributed by atoms with Crippen molar-refractivity contribution >= 4 is 111 Å².